The summed E-state index contributed by atoms with van der Waals surface area (Å²) in [6, 6.07) is 16.3. The number of hydrogen-bond acceptors (Lipinski definition) is 5. The van der Waals surface area contributed by atoms with Gasteiger partial charge in [0, 0.05) is 17.7 Å². The van der Waals surface area contributed by atoms with E-state index in [4.69, 9.17) is 12.2 Å². The van der Waals surface area contributed by atoms with Crippen LogP contribution < -0.4 is 16.0 Å². The molecule has 0 fully saturated rings. The summed E-state index contributed by atoms with van der Waals surface area (Å²) in [5.41, 5.74) is 2.15. The number of nitrogens with one attached hydrogen (secondary N) is 3. The van der Waals surface area contributed by atoms with Gasteiger partial charge in [-0.2, -0.15) is 0 Å². The van der Waals surface area contributed by atoms with E-state index >= 15 is 0 Å². The Balaban J connectivity index is 1.84. The molecule has 0 spiro atoms. The Kier molecular flexibility index (Phi) is 8.29. The molecule has 0 bridgehead atoms. The van der Waals surface area contributed by atoms with Crippen LogP contribution in [0.2, 0.25) is 0 Å². The number of rotatable bonds is 7. The van der Waals surface area contributed by atoms with Gasteiger partial charge in [0.05, 0.1) is 19.6 Å². The van der Waals surface area contributed by atoms with E-state index in [0.29, 0.717) is 11.3 Å². The number of hydrogen-bond donors (Lipinski definition) is 3. The molecule has 0 radical (unpaired) electrons. The summed E-state index contributed by atoms with van der Waals surface area (Å²) in [6.45, 7) is 1.92. The molecule has 3 N–H and O–H groups in total. The largest absolute Gasteiger partial charge is 0.469 e. The first kappa shape index (κ1) is 22.0. The number of benzene rings is 2. The van der Waals surface area contributed by atoms with Crippen molar-refractivity contribution in [1.82, 2.24) is 10.6 Å². The second-order valence-electron chi connectivity index (χ2n) is 6.26. The number of carbonyl (C=O) groups excluding carboxylic acids is 3. The minimum absolute atomic E-state index is 0.0177. The van der Waals surface area contributed by atoms with Gasteiger partial charge in [0.15, 0.2) is 5.11 Å². The predicted molar refractivity (Wildman–Crippen MR) is 114 cm³/mol. The molecule has 1 atom stereocenters. The van der Waals surface area contributed by atoms with E-state index in [0.717, 1.165) is 5.56 Å². The van der Waals surface area contributed by atoms with Gasteiger partial charge in [-0.05, 0) is 49.0 Å². The van der Waals surface area contributed by atoms with Crippen LogP contribution in [0.3, 0.4) is 0 Å². The van der Waals surface area contributed by atoms with Gasteiger partial charge < -0.3 is 20.7 Å². The van der Waals surface area contributed by atoms with E-state index in [1.54, 1.807) is 24.3 Å². The summed E-state index contributed by atoms with van der Waals surface area (Å²) in [5.74, 6) is -1.04. The normalized spacial score (nSPS) is 11.1. The minimum Gasteiger partial charge on any atom is -0.469 e. The molecule has 1 unspecified atom stereocenters. The third-order valence-electron chi connectivity index (χ3n) is 4.09. The molecule has 0 saturated carbocycles. The Bertz CT molecular complexity index is 869. The summed E-state index contributed by atoms with van der Waals surface area (Å²) in [5, 5.41) is 8.40. The van der Waals surface area contributed by atoms with Gasteiger partial charge in [-0.25, -0.2) is 0 Å². The van der Waals surface area contributed by atoms with E-state index < -0.39 is 11.9 Å². The van der Waals surface area contributed by atoms with Crippen molar-refractivity contribution in [2.75, 3.05) is 12.4 Å². The lowest BCUT2D eigenvalue weighted by molar-refractivity contribution is -0.142. The number of methoxy groups -OCH3 is 1. The number of amides is 2. The fraction of sp³-hybridized carbons (Fsp3) is 0.238. The average molecular weight is 413 g/mol. The lowest BCUT2D eigenvalue weighted by Gasteiger charge is -2.14. The van der Waals surface area contributed by atoms with Crippen molar-refractivity contribution in [1.29, 1.82) is 0 Å². The van der Waals surface area contributed by atoms with Crippen LogP contribution in [0, 0.1) is 0 Å². The maximum atomic E-state index is 12.4. The van der Waals surface area contributed by atoms with Gasteiger partial charge in [-0.3, -0.25) is 14.4 Å². The maximum Gasteiger partial charge on any atom is 0.306 e. The first-order chi connectivity index (χ1) is 13.9. The molecule has 2 rings (SSSR count). The predicted octanol–water partition coefficient (Wildman–Crippen LogP) is 2.94. The molecule has 0 saturated heterocycles. The van der Waals surface area contributed by atoms with E-state index in [1.165, 1.54) is 7.11 Å². The van der Waals surface area contributed by atoms with Crippen molar-refractivity contribution >= 4 is 40.8 Å². The molecule has 0 aliphatic rings. The lowest BCUT2D eigenvalue weighted by Crippen LogP contribution is -2.34. The molecule has 152 valence electrons. The fourth-order valence-corrected chi connectivity index (χ4v) is 2.71. The molecule has 8 heteroatoms. The topological polar surface area (TPSA) is 96.5 Å². The van der Waals surface area contributed by atoms with E-state index in [1.807, 2.05) is 37.3 Å². The van der Waals surface area contributed by atoms with Crippen molar-refractivity contribution in [3.8, 4) is 0 Å². The van der Waals surface area contributed by atoms with E-state index in [9.17, 15) is 14.4 Å². The van der Waals surface area contributed by atoms with Gasteiger partial charge in [0.1, 0.15) is 0 Å². The summed E-state index contributed by atoms with van der Waals surface area (Å²) >= 11 is 5.08. The first-order valence-corrected chi connectivity index (χ1v) is 9.43. The second-order valence-corrected chi connectivity index (χ2v) is 6.67. The van der Waals surface area contributed by atoms with Gasteiger partial charge in [0.2, 0.25) is 5.91 Å². The Morgan fingerprint density at radius 2 is 1.66 bits per heavy atom. The van der Waals surface area contributed by atoms with Gasteiger partial charge in [-0.15, -0.1) is 0 Å². The molecule has 2 amide bonds. The molecular formula is C21H23N3O4S. The Morgan fingerprint density at radius 3 is 2.28 bits per heavy atom. The van der Waals surface area contributed by atoms with Crippen LogP contribution in [0.25, 0.3) is 0 Å². The highest BCUT2D eigenvalue weighted by molar-refractivity contribution is 7.80. The Morgan fingerprint density at radius 1 is 1.00 bits per heavy atom. The van der Waals surface area contributed by atoms with Crippen LogP contribution in [-0.2, 0) is 14.3 Å². The molecule has 0 aliphatic heterocycles. The summed E-state index contributed by atoms with van der Waals surface area (Å²) in [4.78, 5) is 35.2. The van der Waals surface area contributed by atoms with Crippen molar-refractivity contribution in [2.45, 2.75) is 25.8 Å². The highest BCUT2D eigenvalue weighted by Gasteiger charge is 2.12. The third kappa shape index (κ3) is 7.34. The summed E-state index contributed by atoms with van der Waals surface area (Å²) in [7, 11) is 1.26. The van der Waals surface area contributed by atoms with Gasteiger partial charge >= 0.3 is 5.97 Å². The van der Waals surface area contributed by atoms with Crippen LogP contribution in [-0.4, -0.2) is 30.0 Å². The quantitative estimate of drug-likeness (QED) is 0.477. The number of carbonyl (C=O) groups is 3. The highest BCUT2D eigenvalue weighted by atomic mass is 32.1. The van der Waals surface area contributed by atoms with E-state index in [-0.39, 0.29) is 29.9 Å². The monoisotopic (exact) mass is 413 g/mol. The van der Waals surface area contributed by atoms with Gasteiger partial charge in [0.25, 0.3) is 5.91 Å². The van der Waals surface area contributed by atoms with Crippen molar-refractivity contribution in [3.63, 3.8) is 0 Å². The molecule has 2 aromatic carbocycles. The number of anilines is 1. The lowest BCUT2D eigenvalue weighted by atomic mass is 10.1. The molecule has 2 aromatic rings. The summed E-state index contributed by atoms with van der Waals surface area (Å²) in [6.07, 6.45) is -0.0383. The number of thiocarbonyl (C=S) groups is 1. The highest BCUT2D eigenvalue weighted by Crippen LogP contribution is 2.14. The van der Waals surface area contributed by atoms with Crippen LogP contribution in [0.15, 0.2) is 54.6 Å². The molecule has 29 heavy (non-hydrogen) atoms. The Hall–Kier alpha value is -3.26. The van der Waals surface area contributed by atoms with Crippen LogP contribution in [0.5, 0.6) is 0 Å². The zero-order valence-corrected chi connectivity index (χ0v) is 17.0. The zero-order chi connectivity index (χ0) is 21.2. The molecule has 7 nitrogen and oxygen atoms in total. The number of ether oxygens (including phenoxy) is 1. The second kappa shape index (κ2) is 10.9. The molecule has 0 aromatic heterocycles. The Labute approximate surface area is 174 Å². The standard InChI is InChI=1S/C21H23N3O4S/c1-14(15-6-4-3-5-7-15)22-20(27)16-8-10-17(11-9-16)23-21(29)24-18(25)12-13-19(26)28-2/h3-11,14H,12-13H2,1-2H3,(H,22,27)(H2,23,24,25,29). The SMILES string of the molecule is COC(=O)CCC(=O)NC(=S)Nc1ccc(C(=O)NC(C)c2ccccc2)cc1. The smallest absolute Gasteiger partial charge is 0.306 e. The fourth-order valence-electron chi connectivity index (χ4n) is 2.48. The van der Waals surface area contributed by atoms with Crippen LogP contribution >= 0.6 is 12.2 Å². The van der Waals surface area contributed by atoms with Crippen molar-refractivity contribution in [2.24, 2.45) is 0 Å². The first-order valence-electron chi connectivity index (χ1n) is 9.02. The zero-order valence-electron chi connectivity index (χ0n) is 16.2. The molecular weight excluding hydrogens is 390 g/mol. The molecule has 0 heterocycles. The minimum atomic E-state index is -0.463. The van der Waals surface area contributed by atoms with Crippen LogP contribution in [0.1, 0.15) is 41.7 Å². The van der Waals surface area contributed by atoms with Crippen LogP contribution in [0.4, 0.5) is 5.69 Å². The maximum absolute atomic E-state index is 12.4. The molecule has 0 aliphatic carbocycles. The van der Waals surface area contributed by atoms with E-state index in [2.05, 4.69) is 20.7 Å². The average Bonchev–Trinajstić information content (AvgIpc) is 2.72. The number of esters is 1. The van der Waals surface area contributed by atoms with Crippen molar-refractivity contribution in [3.05, 3.63) is 65.7 Å². The van der Waals surface area contributed by atoms with Gasteiger partial charge in [-0.1, -0.05) is 30.3 Å². The summed E-state index contributed by atoms with van der Waals surface area (Å²) < 4.78 is 4.48. The van der Waals surface area contributed by atoms with Crippen molar-refractivity contribution < 1.29 is 19.1 Å². The third-order valence-corrected chi connectivity index (χ3v) is 4.29.